The third-order valence-corrected chi connectivity index (χ3v) is 6.72. The van der Waals surface area contributed by atoms with Gasteiger partial charge in [0.1, 0.15) is 19.8 Å². The Morgan fingerprint density at radius 2 is 2.04 bits per heavy atom. The van der Waals surface area contributed by atoms with E-state index in [1.165, 1.54) is 23.5 Å². The second-order valence-electron chi connectivity index (χ2n) is 8.34. The van der Waals surface area contributed by atoms with Crippen molar-refractivity contribution < 1.29 is 4.74 Å². The molecule has 3 rings (SSSR count). The zero-order chi connectivity index (χ0) is 18.6. The predicted octanol–water partition coefficient (Wildman–Crippen LogP) is 3.66. The lowest BCUT2D eigenvalue weighted by molar-refractivity contribution is 0.0851. The number of aromatic nitrogens is 2. The Kier molecular flexibility index (Phi) is 6.38. The molecular formula is C20H31BN3OSi. The molecular weight excluding hydrogens is 337 g/mol. The van der Waals surface area contributed by atoms with Crippen LogP contribution in [0.3, 0.4) is 0 Å². The highest BCUT2D eigenvalue weighted by Gasteiger charge is 2.23. The van der Waals surface area contributed by atoms with Crippen LogP contribution < -0.4 is 10.8 Å². The van der Waals surface area contributed by atoms with E-state index < -0.39 is 8.07 Å². The molecule has 6 heteroatoms. The maximum Gasteiger partial charge on any atom is 0.148 e. The van der Waals surface area contributed by atoms with Gasteiger partial charge in [-0.05, 0) is 31.0 Å². The van der Waals surface area contributed by atoms with Crippen LogP contribution in [0.5, 0.6) is 0 Å². The highest BCUT2D eigenvalue weighted by Crippen LogP contribution is 2.27. The fourth-order valence-corrected chi connectivity index (χ4v) is 4.08. The molecule has 0 saturated carbocycles. The molecule has 2 aromatic rings. The predicted molar refractivity (Wildman–Crippen MR) is 113 cm³/mol. The monoisotopic (exact) mass is 368 g/mol. The molecule has 1 saturated heterocycles. The van der Waals surface area contributed by atoms with Crippen LogP contribution in [0, 0.1) is 0 Å². The number of nitrogens with zero attached hydrogens (tertiary/aromatic N) is 2. The summed E-state index contributed by atoms with van der Waals surface area (Å²) in [6, 6.07) is 10.2. The summed E-state index contributed by atoms with van der Waals surface area (Å²) in [5, 5.41) is 3.57. The Balaban J connectivity index is 1.81. The van der Waals surface area contributed by atoms with Crippen LogP contribution in [0.15, 0.2) is 30.5 Å². The molecule has 0 bridgehead atoms. The Morgan fingerprint density at radius 1 is 1.27 bits per heavy atom. The Bertz CT molecular complexity index is 703. The second kappa shape index (κ2) is 8.55. The summed E-state index contributed by atoms with van der Waals surface area (Å²) >= 11 is 0. The summed E-state index contributed by atoms with van der Waals surface area (Å²) in [5.74, 6) is 1.11. The van der Waals surface area contributed by atoms with Gasteiger partial charge in [-0.3, -0.25) is 0 Å². The first-order chi connectivity index (χ1) is 12.5. The number of benzene rings is 1. The van der Waals surface area contributed by atoms with Gasteiger partial charge in [-0.2, -0.15) is 0 Å². The van der Waals surface area contributed by atoms with Crippen LogP contribution in [0.4, 0.5) is 0 Å². The van der Waals surface area contributed by atoms with E-state index in [0.29, 0.717) is 12.8 Å². The fraction of sp³-hybridized carbons (Fsp3) is 0.550. The molecule has 1 aliphatic rings. The smallest absolute Gasteiger partial charge is 0.148 e. The number of nitrogens with one attached hydrogen (secondary N) is 1. The van der Waals surface area contributed by atoms with Gasteiger partial charge in [-0.15, -0.1) is 0 Å². The number of ether oxygens (including phenoxy) is 1. The van der Waals surface area contributed by atoms with Gasteiger partial charge in [0.05, 0.1) is 17.9 Å². The summed E-state index contributed by atoms with van der Waals surface area (Å²) in [7, 11) is 1.05. The van der Waals surface area contributed by atoms with Crippen LogP contribution in [-0.2, 0) is 11.5 Å². The summed E-state index contributed by atoms with van der Waals surface area (Å²) in [6.45, 7) is 11.7. The van der Waals surface area contributed by atoms with Crippen LogP contribution in [0.1, 0.15) is 24.7 Å². The molecule has 26 heavy (non-hydrogen) atoms. The highest BCUT2D eigenvalue weighted by molar-refractivity contribution is 6.76. The molecule has 1 aromatic heterocycles. The standard InChI is InChI=1S/C20H31BN3OSi/c1-21-17-9-7-16(8-10-17)19-14-23-20(18-6-5-11-22-18)24(19)15-25-12-13-26(2,3)4/h7-10,14,18,22H,5-6,11-13,15H2,1-4H3/t18-/m0/s1. The maximum absolute atomic E-state index is 6.09. The minimum absolute atomic E-state index is 0.340. The normalized spacial score (nSPS) is 17.6. The van der Waals surface area contributed by atoms with Crippen molar-refractivity contribution in [2.24, 2.45) is 0 Å². The van der Waals surface area contributed by atoms with Crippen molar-refractivity contribution in [2.75, 3.05) is 13.2 Å². The first-order valence-corrected chi connectivity index (χ1v) is 13.4. The largest absolute Gasteiger partial charge is 0.361 e. The fourth-order valence-electron chi connectivity index (χ4n) is 3.32. The van der Waals surface area contributed by atoms with Crippen molar-refractivity contribution in [3.05, 3.63) is 36.3 Å². The molecule has 4 nitrogen and oxygen atoms in total. The number of imidazole rings is 1. The van der Waals surface area contributed by atoms with Crippen LogP contribution in [0.25, 0.3) is 11.3 Å². The SMILES string of the molecule is C[B]c1ccc(-c2cnc([C@@H]3CCCN3)n2COCC[Si](C)(C)C)cc1. The Hall–Kier alpha value is -1.37. The van der Waals surface area contributed by atoms with Crippen molar-refractivity contribution in [1.29, 1.82) is 0 Å². The van der Waals surface area contributed by atoms with Crippen LogP contribution >= 0.6 is 0 Å². The quantitative estimate of drug-likeness (QED) is 0.571. The molecule has 1 N–H and O–H groups in total. The summed E-state index contributed by atoms with van der Waals surface area (Å²) in [4.78, 5) is 4.77. The van der Waals surface area contributed by atoms with Gasteiger partial charge >= 0.3 is 0 Å². The minimum atomic E-state index is -1.07. The molecule has 1 radical (unpaired) electrons. The third-order valence-electron chi connectivity index (χ3n) is 5.02. The molecule has 1 fully saturated rings. The molecule has 1 aromatic carbocycles. The van der Waals surface area contributed by atoms with Gasteiger partial charge in [0.2, 0.25) is 0 Å². The van der Waals surface area contributed by atoms with Gasteiger partial charge in [-0.25, -0.2) is 4.98 Å². The number of rotatable bonds is 8. The van der Waals surface area contributed by atoms with E-state index in [4.69, 9.17) is 9.72 Å². The average Bonchev–Trinajstić information content (AvgIpc) is 3.27. The summed E-state index contributed by atoms with van der Waals surface area (Å²) < 4.78 is 8.35. The maximum atomic E-state index is 6.09. The Morgan fingerprint density at radius 3 is 2.65 bits per heavy atom. The molecule has 0 amide bonds. The van der Waals surface area contributed by atoms with E-state index >= 15 is 0 Å². The van der Waals surface area contributed by atoms with Gasteiger partial charge in [-0.1, -0.05) is 56.2 Å². The second-order valence-corrected chi connectivity index (χ2v) is 14.0. The van der Waals surface area contributed by atoms with Crippen molar-refractivity contribution in [1.82, 2.24) is 14.9 Å². The van der Waals surface area contributed by atoms with Gasteiger partial charge < -0.3 is 14.6 Å². The van der Waals surface area contributed by atoms with E-state index in [0.717, 1.165) is 31.1 Å². The lowest BCUT2D eigenvalue weighted by Gasteiger charge is -2.19. The summed E-state index contributed by atoms with van der Waals surface area (Å²) in [5.41, 5.74) is 3.58. The van der Waals surface area contributed by atoms with E-state index in [9.17, 15) is 0 Å². The van der Waals surface area contributed by atoms with Crippen LogP contribution in [-0.4, -0.2) is 38.1 Å². The number of hydrogen-bond donors (Lipinski definition) is 1. The van der Waals surface area contributed by atoms with Crippen molar-refractivity contribution in [3.8, 4) is 11.3 Å². The molecule has 1 aliphatic heterocycles. The molecule has 1 atom stereocenters. The molecule has 139 valence electrons. The van der Waals surface area contributed by atoms with Crippen molar-refractivity contribution in [2.45, 2.75) is 58.1 Å². The lowest BCUT2D eigenvalue weighted by Crippen LogP contribution is -2.23. The first kappa shape index (κ1) is 19.4. The molecule has 2 heterocycles. The van der Waals surface area contributed by atoms with E-state index in [2.05, 4.69) is 67.9 Å². The van der Waals surface area contributed by atoms with E-state index in [1.54, 1.807) is 0 Å². The Labute approximate surface area is 159 Å². The van der Waals surface area contributed by atoms with E-state index in [-0.39, 0.29) is 0 Å². The zero-order valence-electron chi connectivity index (χ0n) is 16.6. The van der Waals surface area contributed by atoms with Crippen LogP contribution in [0.2, 0.25) is 32.5 Å². The zero-order valence-corrected chi connectivity index (χ0v) is 17.6. The van der Waals surface area contributed by atoms with Gasteiger partial charge in [0, 0.05) is 14.7 Å². The van der Waals surface area contributed by atoms with Crippen molar-refractivity contribution in [3.63, 3.8) is 0 Å². The lowest BCUT2D eigenvalue weighted by atomic mass is 9.73. The van der Waals surface area contributed by atoms with Gasteiger partial charge in [0.15, 0.2) is 0 Å². The minimum Gasteiger partial charge on any atom is -0.361 e. The topological polar surface area (TPSA) is 39.1 Å². The summed E-state index contributed by atoms with van der Waals surface area (Å²) in [6.07, 6.45) is 4.36. The highest BCUT2D eigenvalue weighted by atomic mass is 28.3. The molecule has 0 aliphatic carbocycles. The average molecular weight is 368 g/mol. The molecule has 0 spiro atoms. The molecule has 0 unspecified atom stereocenters. The first-order valence-electron chi connectivity index (χ1n) is 9.74. The van der Waals surface area contributed by atoms with Gasteiger partial charge in [0.25, 0.3) is 0 Å². The number of hydrogen-bond acceptors (Lipinski definition) is 3. The van der Waals surface area contributed by atoms with E-state index in [1.807, 2.05) is 6.20 Å². The van der Waals surface area contributed by atoms with Crippen molar-refractivity contribution >= 4 is 20.8 Å². The third kappa shape index (κ3) is 4.87.